The number of phenolic OH excluding ortho intramolecular Hbond substituents is 1. The van der Waals surface area contributed by atoms with Gasteiger partial charge in [-0.15, -0.1) is 11.8 Å². The fourth-order valence-electron chi connectivity index (χ4n) is 11.3. The van der Waals surface area contributed by atoms with Crippen molar-refractivity contribution in [2.24, 2.45) is 0 Å². The number of aromatic amines is 1. The van der Waals surface area contributed by atoms with Gasteiger partial charge in [0.2, 0.25) is 6.79 Å². The van der Waals surface area contributed by atoms with E-state index in [-0.39, 0.29) is 37.9 Å². The number of hydrogen-bond donors (Lipinski definition) is 4. The van der Waals surface area contributed by atoms with E-state index in [0.717, 1.165) is 27.6 Å². The number of ether oxygens (including phenoxy) is 6. The first kappa shape index (κ1) is 39.0. The van der Waals surface area contributed by atoms with Crippen molar-refractivity contribution in [3.63, 3.8) is 0 Å². The normalized spacial score (nSPS) is 29.8. The average Bonchev–Trinajstić information content (AvgIpc) is 3.82. The first-order chi connectivity index (χ1) is 28.9. The lowest BCUT2D eigenvalue weighted by atomic mass is 9.76. The molecule has 8 aliphatic heterocycles. The quantitative estimate of drug-likeness (QED) is 0.162. The van der Waals surface area contributed by atoms with Crippen LogP contribution in [0.1, 0.15) is 75.8 Å². The SMILES string of the molecule is CCN1CC2(C#N)Cc3cc(C)c(OC)c(O)c3C1[C@@H]1[C@@H]3SC[C@]4(N[C@H](CO)Cc5c4[nH]c4ccc(OC)cc54)C(=O)OC[C@@H](c4c5c(c(C)c(OC(C)=O)c43)OCO5)N12. The molecule has 8 atom stereocenters. The Balaban J connectivity index is 1.27. The van der Waals surface area contributed by atoms with E-state index in [1.54, 1.807) is 7.11 Å². The molecule has 4 bridgehead atoms. The number of hydrogen-bond acceptors (Lipinski definition) is 15. The second kappa shape index (κ2) is 13.9. The molecule has 60 heavy (non-hydrogen) atoms. The van der Waals surface area contributed by atoms with Gasteiger partial charge in [-0.3, -0.25) is 19.9 Å². The Kier molecular flexibility index (Phi) is 9.05. The molecular formula is C44H47N5O10S. The number of esters is 2. The third-order valence-electron chi connectivity index (χ3n) is 13.6. The summed E-state index contributed by atoms with van der Waals surface area (Å²) in [6.45, 7) is 7.50. The van der Waals surface area contributed by atoms with E-state index in [2.05, 4.69) is 33.1 Å². The van der Waals surface area contributed by atoms with Crippen LogP contribution in [0.5, 0.6) is 34.5 Å². The Morgan fingerprint density at radius 2 is 1.90 bits per heavy atom. The first-order valence-electron chi connectivity index (χ1n) is 20.3. The highest BCUT2D eigenvalue weighted by molar-refractivity contribution is 7.99. The van der Waals surface area contributed by atoms with Crippen molar-refractivity contribution in [1.82, 2.24) is 20.1 Å². The minimum atomic E-state index is -1.48. The van der Waals surface area contributed by atoms with Crippen molar-refractivity contribution in [3.8, 4) is 40.6 Å². The number of methoxy groups -OCH3 is 2. The van der Waals surface area contributed by atoms with Crippen LogP contribution in [-0.2, 0) is 32.7 Å². The molecule has 1 aromatic heterocycles. The Hall–Kier alpha value is -5.18. The van der Waals surface area contributed by atoms with E-state index >= 15 is 4.79 Å². The summed E-state index contributed by atoms with van der Waals surface area (Å²) in [4.78, 5) is 36.3. The summed E-state index contributed by atoms with van der Waals surface area (Å²) in [5.74, 6) is 1.29. The lowest BCUT2D eigenvalue weighted by Crippen LogP contribution is -2.70. The maximum atomic E-state index is 15.2. The van der Waals surface area contributed by atoms with Crippen molar-refractivity contribution in [3.05, 3.63) is 68.9 Å². The number of phenols is 1. The number of nitriles is 1. The number of fused-ring (bicyclic) bond motifs is 8. The van der Waals surface area contributed by atoms with Gasteiger partial charge in [-0.1, -0.05) is 13.0 Å². The lowest BCUT2D eigenvalue weighted by molar-refractivity contribution is -0.159. The molecule has 15 nitrogen and oxygen atoms in total. The number of H-pyrrole nitrogens is 1. The molecule has 0 aliphatic carbocycles. The predicted octanol–water partition coefficient (Wildman–Crippen LogP) is 4.52. The van der Waals surface area contributed by atoms with Gasteiger partial charge in [0.25, 0.3) is 0 Å². The highest BCUT2D eigenvalue weighted by Gasteiger charge is 2.65. The molecule has 12 rings (SSSR count). The number of benzene rings is 3. The Morgan fingerprint density at radius 3 is 2.62 bits per heavy atom. The summed E-state index contributed by atoms with van der Waals surface area (Å²) >= 11 is 1.48. The maximum absolute atomic E-state index is 15.2. The molecule has 3 unspecified atom stereocenters. The van der Waals surface area contributed by atoms with Crippen LogP contribution in [0.25, 0.3) is 10.9 Å². The summed E-state index contributed by atoms with van der Waals surface area (Å²) in [5, 5.41) is 38.5. The number of aromatic nitrogens is 1. The highest BCUT2D eigenvalue weighted by Crippen LogP contribution is 2.66. The van der Waals surface area contributed by atoms with Crippen LogP contribution < -0.4 is 29.0 Å². The van der Waals surface area contributed by atoms with Gasteiger partial charge in [0.1, 0.15) is 23.6 Å². The van der Waals surface area contributed by atoms with Crippen LogP contribution >= 0.6 is 11.8 Å². The number of carbonyl (C=O) groups is 2. The van der Waals surface area contributed by atoms with E-state index in [9.17, 15) is 20.3 Å². The molecule has 9 heterocycles. The molecule has 8 aliphatic rings. The summed E-state index contributed by atoms with van der Waals surface area (Å²) in [6, 6.07) is 8.14. The number of nitrogens with one attached hydrogen (secondary N) is 2. The number of aryl methyl sites for hydroxylation is 1. The number of aromatic hydroxyl groups is 1. The van der Waals surface area contributed by atoms with E-state index in [1.165, 1.54) is 25.8 Å². The predicted molar refractivity (Wildman–Crippen MR) is 219 cm³/mol. The minimum Gasteiger partial charge on any atom is -0.504 e. The fraction of sp³-hybridized carbons (Fsp3) is 0.477. The lowest BCUT2D eigenvalue weighted by Gasteiger charge is -2.60. The highest BCUT2D eigenvalue weighted by atomic mass is 32.2. The summed E-state index contributed by atoms with van der Waals surface area (Å²) < 4.78 is 36.6. The van der Waals surface area contributed by atoms with Crippen LogP contribution in [0.2, 0.25) is 0 Å². The smallest absolute Gasteiger partial charge is 0.333 e. The van der Waals surface area contributed by atoms with Gasteiger partial charge in [0.05, 0.1) is 49.9 Å². The van der Waals surface area contributed by atoms with Gasteiger partial charge < -0.3 is 43.6 Å². The summed E-state index contributed by atoms with van der Waals surface area (Å²) in [7, 11) is 3.14. The Morgan fingerprint density at radius 1 is 1.10 bits per heavy atom. The molecule has 3 aromatic carbocycles. The number of likely N-dealkylation sites (N-methyl/N-ethyl adjacent to an activating group) is 1. The van der Waals surface area contributed by atoms with Gasteiger partial charge in [-0.05, 0) is 61.7 Å². The van der Waals surface area contributed by atoms with Gasteiger partial charge in [0.15, 0.2) is 28.5 Å². The molecule has 0 radical (unpaired) electrons. The molecule has 2 fully saturated rings. The topological polar surface area (TPSA) is 188 Å². The largest absolute Gasteiger partial charge is 0.504 e. The Labute approximate surface area is 350 Å². The van der Waals surface area contributed by atoms with Gasteiger partial charge >= 0.3 is 11.9 Å². The molecule has 0 amide bonds. The van der Waals surface area contributed by atoms with E-state index < -0.39 is 52.4 Å². The molecule has 0 saturated carbocycles. The Bertz CT molecular complexity index is 2550. The molecule has 1 spiro atoms. The van der Waals surface area contributed by atoms with Crippen LogP contribution in [0, 0.1) is 25.2 Å². The first-order valence-corrected chi connectivity index (χ1v) is 21.3. The van der Waals surface area contributed by atoms with Crippen LogP contribution in [0.4, 0.5) is 0 Å². The molecule has 4 aromatic rings. The number of aliphatic hydroxyl groups is 1. The fourth-order valence-corrected chi connectivity index (χ4v) is 12.9. The third-order valence-corrected chi connectivity index (χ3v) is 15.1. The van der Waals surface area contributed by atoms with E-state index in [4.69, 9.17) is 28.4 Å². The summed E-state index contributed by atoms with van der Waals surface area (Å²) in [5.41, 5.74) is 3.81. The van der Waals surface area contributed by atoms with E-state index in [0.29, 0.717) is 76.2 Å². The minimum absolute atomic E-state index is 0.0209. The number of aliphatic hydroxyl groups excluding tert-OH is 1. The zero-order valence-corrected chi connectivity index (χ0v) is 35.1. The molecule has 314 valence electrons. The standard InChI is InChI=1S/C44H47N5O10S/c1-7-48-17-43(16-45)13-23-10-20(2)36(55-6)35(52)30(23)33(48)34-40-32-31(39-38(57-19-58-39)21(3)37(32)59-22(4)51)29(49(34)43)15-56-42(53)44(18-60-40)41-27(11-24(14-50)47-44)26-12-25(54-5)8-9-28(26)46-41/h8-10,12,24,29,33-34,40,46-47,50,52H,7,11,13-15,17-19H2,1-6H3/t24-,29-,33?,34+,40+,43?,44+/m0/s1. The van der Waals surface area contributed by atoms with Gasteiger partial charge in [0, 0.05) is 70.9 Å². The number of nitrogens with zero attached hydrogens (tertiary/aromatic N) is 3. The number of carbonyl (C=O) groups excluding carboxylic acids is 2. The molecule has 4 N–H and O–H groups in total. The van der Waals surface area contributed by atoms with E-state index in [1.807, 2.05) is 38.1 Å². The zero-order chi connectivity index (χ0) is 42.0. The zero-order valence-electron chi connectivity index (χ0n) is 34.3. The van der Waals surface area contributed by atoms with Gasteiger partial charge in [-0.25, -0.2) is 4.79 Å². The van der Waals surface area contributed by atoms with Crippen LogP contribution in [0.3, 0.4) is 0 Å². The molecule has 16 heteroatoms. The van der Waals surface area contributed by atoms with Crippen molar-refractivity contribution in [2.75, 3.05) is 53.1 Å². The average molecular weight is 838 g/mol. The van der Waals surface area contributed by atoms with Gasteiger partial charge in [-0.2, -0.15) is 5.26 Å². The molecule has 2 saturated heterocycles. The van der Waals surface area contributed by atoms with Crippen molar-refractivity contribution in [2.45, 2.75) is 81.0 Å². The van der Waals surface area contributed by atoms with Crippen molar-refractivity contribution in [1.29, 1.82) is 5.26 Å². The monoisotopic (exact) mass is 837 g/mol. The maximum Gasteiger partial charge on any atom is 0.333 e. The summed E-state index contributed by atoms with van der Waals surface area (Å²) in [6.07, 6.45) is 0.713. The second-order valence-electron chi connectivity index (χ2n) is 16.7. The third kappa shape index (κ3) is 5.22. The van der Waals surface area contributed by atoms with Crippen LogP contribution in [-0.4, -0.2) is 108 Å². The van der Waals surface area contributed by atoms with Crippen LogP contribution in [0.15, 0.2) is 24.3 Å². The molecular weight excluding hydrogens is 791 g/mol. The number of rotatable bonds is 5. The van der Waals surface area contributed by atoms with Crippen molar-refractivity contribution >= 4 is 34.6 Å². The number of piperazine rings is 1. The number of thioether (sulfide) groups is 1. The van der Waals surface area contributed by atoms with Crippen molar-refractivity contribution < 1.29 is 48.2 Å². The second-order valence-corrected chi connectivity index (χ2v) is 17.8.